The molecule has 0 radical (unpaired) electrons. The fourth-order valence-corrected chi connectivity index (χ4v) is 10.4. The number of halogens is 1. The van der Waals surface area contributed by atoms with Crippen molar-refractivity contribution in [2.24, 2.45) is 0 Å². The van der Waals surface area contributed by atoms with E-state index in [9.17, 15) is 26.8 Å². The third-order valence-electron chi connectivity index (χ3n) is 7.11. The summed E-state index contributed by atoms with van der Waals surface area (Å²) in [6.45, 7) is 0.278. The van der Waals surface area contributed by atoms with Gasteiger partial charge in [0, 0.05) is 48.1 Å². The maximum absolute atomic E-state index is 13.8. The lowest BCUT2D eigenvalue weighted by atomic mass is 9.97. The van der Waals surface area contributed by atoms with Gasteiger partial charge in [-0.2, -0.15) is 17.0 Å². The fourth-order valence-electron chi connectivity index (χ4n) is 4.90. The third-order valence-corrected chi connectivity index (χ3v) is 13.3. The van der Waals surface area contributed by atoms with E-state index in [2.05, 4.69) is 0 Å². The molecule has 0 saturated carbocycles. The summed E-state index contributed by atoms with van der Waals surface area (Å²) < 4.78 is 60.6. The number of thiophene rings is 1. The Morgan fingerprint density at radius 1 is 1.14 bits per heavy atom. The molecule has 3 heterocycles. The summed E-state index contributed by atoms with van der Waals surface area (Å²) >= 11 is 7.22. The first kappa shape index (κ1) is 28.4. The highest BCUT2D eigenvalue weighted by Crippen LogP contribution is 2.45. The number of rotatable bonds is 7. The molecule has 2 aliphatic heterocycles. The van der Waals surface area contributed by atoms with Gasteiger partial charge < -0.3 is 4.74 Å². The Labute approximate surface area is 226 Å². The smallest absolute Gasteiger partial charge is 0.282 e. The van der Waals surface area contributed by atoms with Crippen molar-refractivity contribution in [1.29, 1.82) is 0 Å². The molecule has 0 aliphatic carbocycles. The molecule has 2 aliphatic rings. The zero-order valence-electron chi connectivity index (χ0n) is 20.3. The van der Waals surface area contributed by atoms with E-state index in [4.69, 9.17) is 16.3 Å². The Morgan fingerprint density at radius 3 is 2.41 bits per heavy atom. The number of methoxy groups -OCH3 is 1. The van der Waals surface area contributed by atoms with Crippen molar-refractivity contribution in [3.05, 3.63) is 46.3 Å². The van der Waals surface area contributed by atoms with Crippen molar-refractivity contribution in [1.82, 2.24) is 14.1 Å². The molecule has 2 fully saturated rings. The van der Waals surface area contributed by atoms with Crippen molar-refractivity contribution in [2.75, 3.05) is 39.0 Å². The van der Waals surface area contributed by atoms with Crippen molar-refractivity contribution < 1.29 is 31.6 Å². The molecule has 1 aromatic heterocycles. The van der Waals surface area contributed by atoms with E-state index in [0.29, 0.717) is 22.7 Å². The summed E-state index contributed by atoms with van der Waals surface area (Å²) in [6, 6.07) is 10.5. The van der Waals surface area contributed by atoms with Crippen LogP contribution in [0, 0.1) is 0 Å². The minimum atomic E-state index is -4.02. The van der Waals surface area contributed by atoms with Gasteiger partial charge >= 0.3 is 0 Å². The highest BCUT2D eigenvalue weighted by molar-refractivity contribution is 7.92. The third kappa shape index (κ3) is 5.74. The predicted octanol–water partition coefficient (Wildman–Crippen LogP) is 2.64. The van der Waals surface area contributed by atoms with Crippen LogP contribution in [0.25, 0.3) is 10.4 Å². The molecular formula is C23H30ClN3O7S3. The number of piperidine rings is 1. The topological polar surface area (TPSA) is 133 Å². The normalized spacial score (nSPS) is 24.0. The summed E-state index contributed by atoms with van der Waals surface area (Å²) in [7, 11) is -6.33. The van der Waals surface area contributed by atoms with E-state index < -0.39 is 42.9 Å². The molecule has 1 atom stereocenters. The Balaban J connectivity index is 1.67. The highest BCUT2D eigenvalue weighted by atomic mass is 35.5. The summed E-state index contributed by atoms with van der Waals surface area (Å²) in [5, 5.41) is 9.81. The Kier molecular flexibility index (Phi) is 8.65. The first-order chi connectivity index (χ1) is 17.5. The Morgan fingerprint density at radius 2 is 1.78 bits per heavy atom. The molecule has 4 rings (SSSR count). The monoisotopic (exact) mass is 591 g/mol. The molecule has 14 heteroatoms. The number of amides is 1. The maximum atomic E-state index is 13.8. The molecule has 0 unspecified atom stereocenters. The van der Waals surface area contributed by atoms with Gasteiger partial charge in [-0.3, -0.25) is 10.0 Å². The summed E-state index contributed by atoms with van der Waals surface area (Å²) in [5.41, 5.74) is 2.38. The number of sulfone groups is 1. The number of carbonyl (C=O) groups excluding carboxylic acids is 1. The van der Waals surface area contributed by atoms with Crippen molar-refractivity contribution in [3.63, 3.8) is 0 Å². The predicted molar refractivity (Wildman–Crippen MR) is 141 cm³/mol. The Bertz CT molecular complexity index is 1320. The fraction of sp³-hybridized carbons (Fsp3) is 0.522. The van der Waals surface area contributed by atoms with Crippen LogP contribution in [0.3, 0.4) is 0 Å². The van der Waals surface area contributed by atoms with Crippen molar-refractivity contribution in [3.8, 4) is 10.4 Å². The average molecular weight is 592 g/mol. The van der Waals surface area contributed by atoms with Crippen LogP contribution < -0.4 is 5.48 Å². The van der Waals surface area contributed by atoms with Gasteiger partial charge in [-0.15, -0.1) is 11.3 Å². The molecule has 204 valence electrons. The summed E-state index contributed by atoms with van der Waals surface area (Å²) in [4.78, 5) is 13.6. The van der Waals surface area contributed by atoms with Crippen LogP contribution in [0.5, 0.6) is 0 Å². The van der Waals surface area contributed by atoms with Crippen LogP contribution in [-0.2, 0) is 34.3 Å². The van der Waals surface area contributed by atoms with Gasteiger partial charge in [0.1, 0.15) is 4.75 Å². The van der Waals surface area contributed by atoms with Gasteiger partial charge in [0.25, 0.3) is 10.2 Å². The summed E-state index contributed by atoms with van der Waals surface area (Å²) in [5.74, 6) is -1.31. The van der Waals surface area contributed by atoms with E-state index >= 15 is 0 Å². The van der Waals surface area contributed by atoms with E-state index in [1.165, 1.54) is 19.9 Å². The molecule has 1 amide bonds. The maximum Gasteiger partial charge on any atom is 0.282 e. The van der Waals surface area contributed by atoms with Crippen LogP contribution in [-0.4, -0.2) is 81.7 Å². The van der Waals surface area contributed by atoms with Crippen LogP contribution >= 0.6 is 22.9 Å². The lowest BCUT2D eigenvalue weighted by molar-refractivity contribution is -0.129. The van der Waals surface area contributed by atoms with Crippen molar-refractivity contribution in [2.45, 2.75) is 36.5 Å². The van der Waals surface area contributed by atoms with Crippen LogP contribution in [0.4, 0.5) is 0 Å². The van der Waals surface area contributed by atoms with Gasteiger partial charge in [0.05, 0.1) is 18.3 Å². The largest absolute Gasteiger partial charge is 0.381 e. The van der Waals surface area contributed by atoms with Crippen LogP contribution in [0.15, 0.2) is 36.4 Å². The zero-order valence-corrected chi connectivity index (χ0v) is 23.5. The number of ether oxygens (including phenoxy) is 1. The Hall–Kier alpha value is -1.58. The minimum Gasteiger partial charge on any atom is -0.381 e. The molecule has 2 saturated heterocycles. The molecule has 0 bridgehead atoms. The quantitative estimate of drug-likeness (QED) is 0.373. The van der Waals surface area contributed by atoms with Gasteiger partial charge in [-0.1, -0.05) is 23.7 Å². The molecule has 1 aromatic carbocycles. The molecule has 0 spiro atoms. The highest BCUT2D eigenvalue weighted by Gasteiger charge is 2.51. The first-order valence-electron chi connectivity index (χ1n) is 11.8. The second kappa shape index (κ2) is 11.3. The second-order valence-electron chi connectivity index (χ2n) is 9.19. The number of nitrogens with one attached hydrogen (secondary N) is 1. The van der Waals surface area contributed by atoms with Crippen molar-refractivity contribution >= 4 is 48.9 Å². The second-order valence-corrected chi connectivity index (χ2v) is 15.1. The van der Waals surface area contributed by atoms with E-state index in [-0.39, 0.29) is 38.7 Å². The molecule has 37 heavy (non-hydrogen) atoms. The van der Waals surface area contributed by atoms with Crippen LogP contribution in [0.2, 0.25) is 5.02 Å². The lowest BCUT2D eigenvalue weighted by Gasteiger charge is -2.34. The first-order valence-corrected chi connectivity index (χ1v) is 16.1. The zero-order chi connectivity index (χ0) is 26.8. The van der Waals surface area contributed by atoms with E-state index in [0.717, 1.165) is 10.4 Å². The SMILES string of the molecule is COC1CCN(S(=O)(=O)N2CC[C@](CC(=O)NO)(c3ccc(-c4ccc(Cl)cc4)s3)S(=O)(=O)CC2)CC1. The van der Waals surface area contributed by atoms with Gasteiger partial charge in [0.2, 0.25) is 5.91 Å². The van der Waals surface area contributed by atoms with Gasteiger partial charge in [-0.25, -0.2) is 13.9 Å². The number of hydroxylamine groups is 1. The van der Waals surface area contributed by atoms with Gasteiger partial charge in [0.15, 0.2) is 9.84 Å². The van der Waals surface area contributed by atoms with E-state index in [1.807, 2.05) is 12.1 Å². The molecule has 10 nitrogen and oxygen atoms in total. The molecule has 2 aromatic rings. The number of nitrogens with zero attached hydrogens (tertiary/aromatic N) is 2. The number of hydrogen-bond donors (Lipinski definition) is 2. The summed E-state index contributed by atoms with van der Waals surface area (Å²) in [6.07, 6.45) is 0.460. The van der Waals surface area contributed by atoms with E-state index in [1.54, 1.807) is 36.9 Å². The average Bonchev–Trinajstić information content (AvgIpc) is 3.33. The lowest BCUT2D eigenvalue weighted by Crippen LogP contribution is -2.49. The van der Waals surface area contributed by atoms with Gasteiger partial charge in [-0.05, 0) is 49.1 Å². The number of benzene rings is 1. The standard InChI is InChI=1S/C23H30ClN3O7S3/c1-34-19-8-11-26(12-9-19)37(32,33)27-13-10-23(16-22(28)25-29,36(30,31)15-14-27)21-7-6-20(35-21)17-2-4-18(24)5-3-17/h2-7,19,29H,8-16H2,1H3,(H,25,28)/t23-/m0/s1. The molecular weight excluding hydrogens is 562 g/mol. The number of hydrogen-bond acceptors (Lipinski definition) is 8. The molecule has 2 N–H and O–H groups in total. The minimum absolute atomic E-state index is 0.00531. The van der Waals surface area contributed by atoms with Crippen LogP contribution in [0.1, 0.15) is 30.6 Å². The number of carbonyl (C=O) groups is 1.